The Morgan fingerprint density at radius 2 is 1.95 bits per heavy atom. The van der Waals surface area contributed by atoms with Gasteiger partial charge in [0.05, 0.1) is 0 Å². The van der Waals surface area contributed by atoms with Crippen molar-refractivity contribution in [2.45, 2.75) is 39.2 Å². The lowest BCUT2D eigenvalue weighted by Gasteiger charge is -2.22. The summed E-state index contributed by atoms with van der Waals surface area (Å²) >= 11 is 0. The summed E-state index contributed by atoms with van der Waals surface area (Å²) in [5.41, 5.74) is 0. The summed E-state index contributed by atoms with van der Waals surface area (Å²) in [4.78, 5) is 11.5. The highest BCUT2D eigenvalue weighted by Gasteiger charge is 2.15. The minimum absolute atomic E-state index is 0.405. The van der Waals surface area contributed by atoms with Crippen molar-refractivity contribution in [2.75, 3.05) is 37.3 Å². The van der Waals surface area contributed by atoms with Gasteiger partial charge in [-0.3, -0.25) is 0 Å². The molecule has 0 amide bonds. The van der Waals surface area contributed by atoms with Crippen LogP contribution in [0.5, 0.6) is 0 Å². The number of aryl methyl sites for hydroxylation is 1. The molecule has 5 heteroatoms. The number of aromatic nitrogens is 2. The minimum atomic E-state index is 0.405. The van der Waals surface area contributed by atoms with Crippen LogP contribution >= 0.6 is 0 Å². The summed E-state index contributed by atoms with van der Waals surface area (Å²) in [6.45, 7) is 7.84. The normalized spacial score (nSPS) is 17.4. The third kappa shape index (κ3) is 4.06. The van der Waals surface area contributed by atoms with E-state index in [9.17, 15) is 0 Å². The Labute approximate surface area is 115 Å². The Balaban J connectivity index is 1.96. The minimum Gasteiger partial charge on any atom is -0.373 e. The molecule has 19 heavy (non-hydrogen) atoms. The van der Waals surface area contributed by atoms with E-state index in [-0.39, 0.29) is 0 Å². The van der Waals surface area contributed by atoms with Crippen LogP contribution < -0.4 is 10.6 Å². The number of likely N-dealkylation sites (tertiary alicyclic amines) is 1. The van der Waals surface area contributed by atoms with Crippen molar-refractivity contribution in [3.8, 4) is 0 Å². The zero-order valence-electron chi connectivity index (χ0n) is 12.2. The van der Waals surface area contributed by atoms with Gasteiger partial charge in [0, 0.05) is 32.1 Å². The van der Waals surface area contributed by atoms with Crippen molar-refractivity contribution in [1.29, 1.82) is 0 Å². The van der Waals surface area contributed by atoms with Crippen molar-refractivity contribution < 1.29 is 0 Å². The van der Waals surface area contributed by atoms with Crippen LogP contribution in [0.4, 0.5) is 11.6 Å². The first kappa shape index (κ1) is 14.1. The van der Waals surface area contributed by atoms with E-state index in [1.807, 2.05) is 13.1 Å². The first-order valence-electron chi connectivity index (χ1n) is 7.26. The molecule has 0 saturated carbocycles. The monoisotopic (exact) mass is 263 g/mol. The zero-order chi connectivity index (χ0) is 13.7. The Hall–Kier alpha value is -1.36. The van der Waals surface area contributed by atoms with E-state index in [1.54, 1.807) is 0 Å². The Kier molecular flexibility index (Phi) is 4.96. The van der Waals surface area contributed by atoms with Gasteiger partial charge in [0.25, 0.3) is 0 Å². The predicted octanol–water partition coefficient (Wildman–Crippen LogP) is 1.98. The predicted molar refractivity (Wildman–Crippen MR) is 79.7 cm³/mol. The van der Waals surface area contributed by atoms with Gasteiger partial charge in [0.2, 0.25) is 0 Å². The molecule has 0 bridgehead atoms. The Morgan fingerprint density at radius 1 is 1.26 bits per heavy atom. The van der Waals surface area contributed by atoms with Gasteiger partial charge >= 0.3 is 0 Å². The summed E-state index contributed by atoms with van der Waals surface area (Å²) in [6, 6.07) is 2.38. The first-order valence-corrected chi connectivity index (χ1v) is 7.26. The number of nitrogens with zero attached hydrogens (tertiary/aromatic N) is 3. The topological polar surface area (TPSA) is 53.1 Å². The molecule has 1 fully saturated rings. The van der Waals surface area contributed by atoms with E-state index in [2.05, 4.69) is 39.3 Å². The maximum absolute atomic E-state index is 4.53. The highest BCUT2D eigenvalue weighted by atomic mass is 15.2. The molecule has 1 aliphatic rings. The highest BCUT2D eigenvalue weighted by Crippen LogP contribution is 2.14. The summed E-state index contributed by atoms with van der Waals surface area (Å²) in [7, 11) is 1.89. The molecule has 0 spiro atoms. The summed E-state index contributed by atoms with van der Waals surface area (Å²) in [6.07, 6.45) is 3.53. The molecule has 0 radical (unpaired) electrons. The van der Waals surface area contributed by atoms with E-state index < -0.39 is 0 Å². The smallest absolute Gasteiger partial charge is 0.132 e. The fourth-order valence-corrected chi connectivity index (χ4v) is 2.51. The lowest BCUT2D eigenvalue weighted by Crippen LogP contribution is -2.33. The van der Waals surface area contributed by atoms with Gasteiger partial charge in [-0.25, -0.2) is 9.97 Å². The van der Waals surface area contributed by atoms with E-state index in [0.717, 1.165) is 30.4 Å². The fourth-order valence-electron chi connectivity index (χ4n) is 2.51. The van der Waals surface area contributed by atoms with Crippen molar-refractivity contribution >= 4 is 11.6 Å². The van der Waals surface area contributed by atoms with Gasteiger partial charge < -0.3 is 15.5 Å². The average Bonchev–Trinajstić information content (AvgIpc) is 2.90. The molecule has 1 aromatic rings. The lowest BCUT2D eigenvalue weighted by atomic mass is 10.3. The zero-order valence-corrected chi connectivity index (χ0v) is 12.2. The van der Waals surface area contributed by atoms with E-state index >= 15 is 0 Å². The van der Waals surface area contributed by atoms with Crippen LogP contribution in [0, 0.1) is 0 Å². The van der Waals surface area contributed by atoms with Crippen LogP contribution in [0.1, 0.15) is 32.5 Å². The summed E-state index contributed by atoms with van der Waals surface area (Å²) < 4.78 is 0. The van der Waals surface area contributed by atoms with Crippen LogP contribution in [0.3, 0.4) is 0 Å². The number of anilines is 2. The Bertz CT molecular complexity index is 379. The number of rotatable bonds is 6. The van der Waals surface area contributed by atoms with E-state index in [4.69, 9.17) is 0 Å². The van der Waals surface area contributed by atoms with Gasteiger partial charge in [0.15, 0.2) is 0 Å². The molecule has 106 valence electrons. The molecule has 1 unspecified atom stereocenters. The largest absolute Gasteiger partial charge is 0.373 e. The first-order chi connectivity index (χ1) is 9.21. The lowest BCUT2D eigenvalue weighted by molar-refractivity contribution is 0.327. The van der Waals surface area contributed by atoms with Crippen molar-refractivity contribution in [1.82, 2.24) is 14.9 Å². The molecule has 1 aromatic heterocycles. The molecular weight excluding hydrogens is 238 g/mol. The van der Waals surface area contributed by atoms with Crippen LogP contribution in [-0.4, -0.2) is 47.6 Å². The van der Waals surface area contributed by atoms with Crippen LogP contribution in [-0.2, 0) is 6.42 Å². The molecule has 0 aliphatic carbocycles. The second-order valence-electron chi connectivity index (χ2n) is 5.21. The fraction of sp³-hybridized carbons (Fsp3) is 0.714. The van der Waals surface area contributed by atoms with Crippen molar-refractivity contribution in [3.63, 3.8) is 0 Å². The van der Waals surface area contributed by atoms with Crippen LogP contribution in [0.2, 0.25) is 0 Å². The maximum atomic E-state index is 4.53. The second-order valence-corrected chi connectivity index (χ2v) is 5.21. The molecule has 2 heterocycles. The molecule has 1 aliphatic heterocycles. The molecule has 0 aromatic carbocycles. The van der Waals surface area contributed by atoms with Gasteiger partial charge in [-0.15, -0.1) is 0 Å². The average molecular weight is 263 g/mol. The number of nitrogens with one attached hydrogen (secondary N) is 2. The molecule has 1 atom stereocenters. The van der Waals surface area contributed by atoms with Gasteiger partial charge in [-0.1, -0.05) is 6.92 Å². The van der Waals surface area contributed by atoms with Gasteiger partial charge in [-0.05, 0) is 32.9 Å². The van der Waals surface area contributed by atoms with Crippen molar-refractivity contribution in [2.24, 2.45) is 0 Å². The maximum Gasteiger partial charge on any atom is 0.132 e. The number of hydrogen-bond acceptors (Lipinski definition) is 5. The van der Waals surface area contributed by atoms with Crippen LogP contribution in [0.25, 0.3) is 0 Å². The van der Waals surface area contributed by atoms with Gasteiger partial charge in [0.1, 0.15) is 17.5 Å². The standard InChI is InChI=1S/C14H25N5/c1-4-12-17-13(15-3)9-14(18-12)16-11(2)10-19-7-5-6-8-19/h9,11H,4-8,10H2,1-3H3,(H2,15,16,17,18). The third-order valence-electron chi connectivity index (χ3n) is 3.47. The number of hydrogen-bond donors (Lipinski definition) is 2. The molecule has 2 rings (SSSR count). The van der Waals surface area contributed by atoms with E-state index in [0.29, 0.717) is 6.04 Å². The Morgan fingerprint density at radius 3 is 2.58 bits per heavy atom. The molecular formula is C14H25N5. The highest BCUT2D eigenvalue weighted by molar-refractivity contribution is 5.47. The van der Waals surface area contributed by atoms with E-state index in [1.165, 1.54) is 25.9 Å². The molecule has 2 N–H and O–H groups in total. The van der Waals surface area contributed by atoms with Crippen molar-refractivity contribution in [3.05, 3.63) is 11.9 Å². The summed E-state index contributed by atoms with van der Waals surface area (Å²) in [5, 5.41) is 6.57. The quantitative estimate of drug-likeness (QED) is 0.822. The summed E-state index contributed by atoms with van der Waals surface area (Å²) in [5.74, 6) is 2.67. The molecule has 5 nitrogen and oxygen atoms in total. The third-order valence-corrected chi connectivity index (χ3v) is 3.47. The molecule has 1 saturated heterocycles. The van der Waals surface area contributed by atoms with Gasteiger partial charge in [-0.2, -0.15) is 0 Å². The van der Waals surface area contributed by atoms with Crippen LogP contribution in [0.15, 0.2) is 6.07 Å². The second kappa shape index (κ2) is 6.70. The SMILES string of the molecule is CCc1nc(NC)cc(NC(C)CN2CCCC2)n1.